The number of fused-ring (bicyclic) bond motifs is 6. The van der Waals surface area contributed by atoms with Gasteiger partial charge in [-0.3, -0.25) is 24.9 Å². The van der Waals surface area contributed by atoms with Gasteiger partial charge in [0.15, 0.2) is 0 Å². The minimum Gasteiger partial charge on any atom is -0.438 e. The summed E-state index contributed by atoms with van der Waals surface area (Å²) in [7, 11) is 0. The molecule has 12 heteroatoms. The van der Waals surface area contributed by atoms with Crippen molar-refractivity contribution in [3.8, 4) is 56.5 Å². The van der Waals surface area contributed by atoms with Crippen molar-refractivity contribution < 1.29 is 8.83 Å². The Morgan fingerprint density at radius 2 is 1.22 bits per heavy atom. The maximum Gasteiger partial charge on any atom is 0.230 e. The molecule has 8 aromatic heterocycles. The lowest BCUT2D eigenvalue weighted by molar-refractivity contribution is 0.652. The van der Waals surface area contributed by atoms with Crippen molar-refractivity contribution in [2.45, 2.75) is 0 Å². The van der Waals surface area contributed by atoms with Gasteiger partial charge in [0.2, 0.25) is 11.4 Å². The molecule has 50 heavy (non-hydrogen) atoms. The summed E-state index contributed by atoms with van der Waals surface area (Å²) in [6, 6.07) is 21.4. The zero-order chi connectivity index (χ0) is 33.0. The van der Waals surface area contributed by atoms with Gasteiger partial charge in [-0.05, 0) is 48.5 Å². The molecule has 10 aromatic rings. The second-order valence-corrected chi connectivity index (χ2v) is 11.4. The number of benzene rings is 2. The molecule has 10 rings (SSSR count). The Balaban J connectivity index is 1.06. The summed E-state index contributed by atoms with van der Waals surface area (Å²) < 4.78 is 12.3. The maximum atomic E-state index is 6.32. The standard InChI is InChI=1S/C38H20N10O2/c1-2-10-41-27(5-1)34-25(4-3-11-42-34)35-32-24-9-7-22(15-31(24)50-38(32)47-20-45-35)33-36(44-13-12-43-33)29-18-39-17-28(48-29)21-6-8-23-26-16-40-19-46-37(26)49-30(23)14-21/h1-20H. The fourth-order valence-corrected chi connectivity index (χ4v) is 6.30. The van der Waals surface area contributed by atoms with Gasteiger partial charge >= 0.3 is 0 Å². The molecule has 0 radical (unpaired) electrons. The molecule has 0 amide bonds. The number of hydrogen-bond acceptors (Lipinski definition) is 12. The number of aromatic nitrogens is 10. The molecule has 0 N–H and O–H groups in total. The first-order chi connectivity index (χ1) is 24.8. The predicted molar refractivity (Wildman–Crippen MR) is 186 cm³/mol. The molecule has 2 aromatic carbocycles. The summed E-state index contributed by atoms with van der Waals surface area (Å²) in [6.45, 7) is 0. The highest BCUT2D eigenvalue weighted by molar-refractivity contribution is 6.12. The van der Waals surface area contributed by atoms with Crippen LogP contribution in [-0.4, -0.2) is 49.8 Å². The highest BCUT2D eigenvalue weighted by Crippen LogP contribution is 2.39. The van der Waals surface area contributed by atoms with E-state index >= 15 is 0 Å². The van der Waals surface area contributed by atoms with Crippen LogP contribution in [0.25, 0.3) is 101 Å². The van der Waals surface area contributed by atoms with Crippen LogP contribution >= 0.6 is 0 Å². The Morgan fingerprint density at radius 1 is 0.440 bits per heavy atom. The molecule has 0 aliphatic rings. The predicted octanol–water partition coefficient (Wildman–Crippen LogP) is 7.77. The third-order valence-corrected chi connectivity index (χ3v) is 8.54. The maximum absolute atomic E-state index is 6.32. The second-order valence-electron chi connectivity index (χ2n) is 11.4. The fourth-order valence-electron chi connectivity index (χ4n) is 6.30. The van der Waals surface area contributed by atoms with Gasteiger partial charge < -0.3 is 8.83 Å². The Bertz CT molecular complexity index is 2910. The van der Waals surface area contributed by atoms with Gasteiger partial charge in [-0.25, -0.2) is 24.9 Å². The van der Waals surface area contributed by atoms with Gasteiger partial charge in [-0.15, -0.1) is 0 Å². The lowest BCUT2D eigenvalue weighted by atomic mass is 10.0. The molecule has 0 aliphatic carbocycles. The molecule has 0 unspecified atom stereocenters. The highest BCUT2D eigenvalue weighted by atomic mass is 16.3. The molecule has 0 spiro atoms. The van der Waals surface area contributed by atoms with E-state index in [-0.39, 0.29) is 0 Å². The van der Waals surface area contributed by atoms with E-state index < -0.39 is 0 Å². The van der Waals surface area contributed by atoms with Crippen LogP contribution in [0.15, 0.2) is 132 Å². The van der Waals surface area contributed by atoms with Gasteiger partial charge in [0, 0.05) is 58.4 Å². The summed E-state index contributed by atoms with van der Waals surface area (Å²) in [5, 5.41) is 3.42. The first-order valence-electron chi connectivity index (χ1n) is 15.6. The van der Waals surface area contributed by atoms with E-state index in [0.29, 0.717) is 51.1 Å². The summed E-state index contributed by atoms with van der Waals surface area (Å²) in [5.74, 6) is 0. The molecule has 0 aliphatic heterocycles. The van der Waals surface area contributed by atoms with E-state index in [0.717, 1.165) is 49.6 Å². The molecular weight excluding hydrogens is 628 g/mol. The topological polar surface area (TPSA) is 155 Å². The van der Waals surface area contributed by atoms with Crippen LogP contribution in [-0.2, 0) is 0 Å². The van der Waals surface area contributed by atoms with Gasteiger partial charge in [-0.2, -0.15) is 0 Å². The Kier molecular flexibility index (Phi) is 6.18. The minimum atomic E-state index is 0.462. The SMILES string of the molecule is c1ccc(-c2ncccc2-c2ncnc3oc4cc(-c5nccnc5-c5cncc(-c6ccc7c(c6)oc6ncncc67)n5)ccc4c23)nc1. The van der Waals surface area contributed by atoms with Gasteiger partial charge in [-0.1, -0.05) is 18.2 Å². The lowest BCUT2D eigenvalue weighted by Crippen LogP contribution is -1.96. The fraction of sp³-hybridized carbons (Fsp3) is 0. The zero-order valence-electron chi connectivity index (χ0n) is 25.8. The van der Waals surface area contributed by atoms with E-state index in [4.69, 9.17) is 23.8 Å². The molecule has 0 bridgehead atoms. The number of hydrogen-bond donors (Lipinski definition) is 0. The Morgan fingerprint density at radius 3 is 2.16 bits per heavy atom. The summed E-state index contributed by atoms with van der Waals surface area (Å²) in [6.07, 6.45) is 14.9. The van der Waals surface area contributed by atoms with Crippen LogP contribution in [0, 0.1) is 0 Å². The van der Waals surface area contributed by atoms with E-state index in [9.17, 15) is 0 Å². The molecule has 8 heterocycles. The number of rotatable bonds is 5. The Labute approximate surface area is 281 Å². The third kappa shape index (κ3) is 4.47. The van der Waals surface area contributed by atoms with Gasteiger partial charge in [0.1, 0.15) is 35.2 Å². The molecule has 12 nitrogen and oxygen atoms in total. The van der Waals surface area contributed by atoms with Crippen LogP contribution in [0.1, 0.15) is 0 Å². The number of pyridine rings is 2. The monoisotopic (exact) mass is 648 g/mol. The summed E-state index contributed by atoms with van der Waals surface area (Å²) in [5.41, 5.74) is 9.38. The normalized spacial score (nSPS) is 11.6. The molecule has 0 fully saturated rings. The molecular formula is C38H20N10O2. The average Bonchev–Trinajstić information content (AvgIpc) is 3.76. The van der Waals surface area contributed by atoms with Crippen molar-refractivity contribution in [1.29, 1.82) is 0 Å². The van der Waals surface area contributed by atoms with Crippen molar-refractivity contribution >= 4 is 44.1 Å². The minimum absolute atomic E-state index is 0.462. The quantitative estimate of drug-likeness (QED) is 0.179. The first-order valence-corrected chi connectivity index (χ1v) is 15.6. The van der Waals surface area contributed by atoms with Crippen LogP contribution in [0.3, 0.4) is 0 Å². The van der Waals surface area contributed by atoms with E-state index in [1.165, 1.54) is 12.7 Å². The van der Waals surface area contributed by atoms with Crippen LogP contribution in [0.5, 0.6) is 0 Å². The van der Waals surface area contributed by atoms with Gasteiger partial charge in [0.25, 0.3) is 0 Å². The van der Waals surface area contributed by atoms with E-state index in [2.05, 4.69) is 34.9 Å². The van der Waals surface area contributed by atoms with E-state index in [1.807, 2.05) is 66.7 Å². The molecule has 0 atom stereocenters. The van der Waals surface area contributed by atoms with Crippen molar-refractivity contribution in [2.75, 3.05) is 0 Å². The van der Waals surface area contributed by atoms with E-state index in [1.54, 1.807) is 43.4 Å². The van der Waals surface area contributed by atoms with Crippen LogP contribution < -0.4 is 0 Å². The number of furan rings is 2. The van der Waals surface area contributed by atoms with Crippen LogP contribution in [0.2, 0.25) is 0 Å². The van der Waals surface area contributed by atoms with Gasteiger partial charge in [0.05, 0.1) is 51.6 Å². The average molecular weight is 649 g/mol. The van der Waals surface area contributed by atoms with Crippen molar-refractivity contribution in [3.63, 3.8) is 0 Å². The molecule has 0 saturated heterocycles. The second kappa shape index (κ2) is 11.1. The first kappa shape index (κ1) is 27.7. The molecule has 0 saturated carbocycles. The zero-order valence-corrected chi connectivity index (χ0v) is 25.8. The summed E-state index contributed by atoms with van der Waals surface area (Å²) in [4.78, 5) is 45.6. The highest BCUT2D eigenvalue weighted by Gasteiger charge is 2.21. The smallest absolute Gasteiger partial charge is 0.230 e. The van der Waals surface area contributed by atoms with Crippen molar-refractivity contribution in [2.24, 2.45) is 0 Å². The van der Waals surface area contributed by atoms with Crippen molar-refractivity contribution in [3.05, 3.63) is 123 Å². The van der Waals surface area contributed by atoms with Crippen LogP contribution in [0.4, 0.5) is 0 Å². The third-order valence-electron chi connectivity index (χ3n) is 8.54. The number of nitrogens with zero attached hydrogens (tertiary/aromatic N) is 10. The molecule has 234 valence electrons. The largest absolute Gasteiger partial charge is 0.438 e. The Hall–Kier alpha value is -7.34. The van der Waals surface area contributed by atoms with Crippen molar-refractivity contribution in [1.82, 2.24) is 49.8 Å². The lowest BCUT2D eigenvalue weighted by Gasteiger charge is -2.09. The summed E-state index contributed by atoms with van der Waals surface area (Å²) >= 11 is 0.